The SMILES string of the molecule is COC(=O)Nc1nc([N+](=O)[O-])c(Br)s1. The van der Waals surface area contributed by atoms with Crippen LogP contribution in [0.4, 0.5) is 15.7 Å². The van der Waals surface area contributed by atoms with Crippen LogP contribution in [0.2, 0.25) is 0 Å². The second-order valence-electron chi connectivity index (χ2n) is 1.99. The van der Waals surface area contributed by atoms with E-state index in [1.807, 2.05) is 0 Å². The van der Waals surface area contributed by atoms with E-state index < -0.39 is 11.0 Å². The van der Waals surface area contributed by atoms with Gasteiger partial charge in [-0.25, -0.2) is 10.1 Å². The Labute approximate surface area is 90.4 Å². The smallest absolute Gasteiger partial charge is 0.414 e. The number of anilines is 1. The molecule has 0 aromatic carbocycles. The van der Waals surface area contributed by atoms with Crippen LogP contribution < -0.4 is 5.32 Å². The molecule has 1 rings (SSSR count). The van der Waals surface area contributed by atoms with Crippen molar-refractivity contribution < 1.29 is 14.5 Å². The number of thiazole rings is 1. The first kappa shape index (κ1) is 10.9. The fourth-order valence-electron chi connectivity index (χ4n) is 0.598. The molecule has 1 N–H and O–H groups in total. The van der Waals surface area contributed by atoms with Crippen molar-refractivity contribution in [2.75, 3.05) is 12.4 Å². The van der Waals surface area contributed by atoms with Crippen molar-refractivity contribution in [1.82, 2.24) is 4.98 Å². The summed E-state index contributed by atoms with van der Waals surface area (Å²) in [6.45, 7) is 0. The first-order chi connectivity index (χ1) is 6.54. The second kappa shape index (κ2) is 4.33. The Morgan fingerprint density at radius 2 is 2.43 bits per heavy atom. The molecule has 7 nitrogen and oxygen atoms in total. The molecular weight excluding hydrogens is 278 g/mol. The van der Waals surface area contributed by atoms with Crippen LogP contribution >= 0.6 is 27.3 Å². The van der Waals surface area contributed by atoms with Gasteiger partial charge < -0.3 is 14.9 Å². The third kappa shape index (κ3) is 2.39. The van der Waals surface area contributed by atoms with Gasteiger partial charge >= 0.3 is 17.0 Å². The molecule has 0 aliphatic rings. The highest BCUT2D eigenvalue weighted by Gasteiger charge is 2.22. The van der Waals surface area contributed by atoms with E-state index in [1.165, 1.54) is 7.11 Å². The van der Waals surface area contributed by atoms with Crippen LogP contribution in [0.15, 0.2) is 3.79 Å². The Kier molecular flexibility index (Phi) is 3.36. The molecule has 1 amide bonds. The van der Waals surface area contributed by atoms with E-state index >= 15 is 0 Å². The molecule has 0 fully saturated rings. The minimum atomic E-state index is -0.721. The van der Waals surface area contributed by atoms with Crippen molar-refractivity contribution in [1.29, 1.82) is 0 Å². The molecule has 1 aromatic heterocycles. The molecule has 0 saturated carbocycles. The second-order valence-corrected chi connectivity index (χ2v) is 4.31. The number of nitrogens with one attached hydrogen (secondary N) is 1. The molecule has 1 heterocycles. The highest BCUT2D eigenvalue weighted by molar-refractivity contribution is 9.11. The number of rotatable bonds is 2. The number of carbonyl (C=O) groups is 1. The third-order valence-electron chi connectivity index (χ3n) is 1.14. The fourth-order valence-corrected chi connectivity index (χ4v) is 1.94. The van der Waals surface area contributed by atoms with Crippen LogP contribution in [0.3, 0.4) is 0 Å². The van der Waals surface area contributed by atoms with Gasteiger partial charge in [-0.3, -0.25) is 0 Å². The summed E-state index contributed by atoms with van der Waals surface area (Å²) < 4.78 is 4.54. The van der Waals surface area contributed by atoms with Crippen LogP contribution in [-0.2, 0) is 4.74 Å². The zero-order chi connectivity index (χ0) is 10.7. The maximum Gasteiger partial charge on any atom is 0.414 e. The molecule has 0 unspecified atom stereocenters. The number of halogens is 1. The Bertz CT molecular complexity index is 379. The van der Waals surface area contributed by atoms with Crippen LogP contribution in [0.1, 0.15) is 0 Å². The molecule has 0 radical (unpaired) electrons. The molecule has 0 spiro atoms. The van der Waals surface area contributed by atoms with Crippen molar-refractivity contribution in [3.63, 3.8) is 0 Å². The lowest BCUT2D eigenvalue weighted by atomic mass is 10.8. The van der Waals surface area contributed by atoms with Gasteiger partial charge in [0.2, 0.25) is 0 Å². The molecule has 0 aliphatic carbocycles. The Balaban J connectivity index is 2.86. The van der Waals surface area contributed by atoms with Crippen molar-refractivity contribution in [2.24, 2.45) is 0 Å². The van der Waals surface area contributed by atoms with Gasteiger partial charge in [0.1, 0.15) is 0 Å². The number of nitro groups is 1. The average Bonchev–Trinajstić information content (AvgIpc) is 2.46. The van der Waals surface area contributed by atoms with E-state index in [-0.39, 0.29) is 14.7 Å². The quantitative estimate of drug-likeness (QED) is 0.661. The standard InChI is InChI=1S/C5H4BrN3O4S/c1-13-5(10)8-4-7-3(9(11)12)2(6)14-4/h1H3,(H,7,8,10). The number of methoxy groups -OCH3 is 1. The topological polar surface area (TPSA) is 94.4 Å². The normalized spacial score (nSPS) is 9.57. The number of aromatic nitrogens is 1. The maximum atomic E-state index is 10.7. The molecule has 9 heteroatoms. The molecule has 14 heavy (non-hydrogen) atoms. The van der Waals surface area contributed by atoms with Crippen molar-refractivity contribution in [3.05, 3.63) is 13.9 Å². The Hall–Kier alpha value is -1.22. The van der Waals surface area contributed by atoms with Crippen LogP contribution in [0, 0.1) is 10.1 Å². The molecule has 0 atom stereocenters. The van der Waals surface area contributed by atoms with Crippen molar-refractivity contribution >= 4 is 44.3 Å². The van der Waals surface area contributed by atoms with Crippen molar-refractivity contribution in [2.45, 2.75) is 0 Å². The number of hydrogen-bond acceptors (Lipinski definition) is 6. The molecule has 76 valence electrons. The lowest BCUT2D eigenvalue weighted by Gasteiger charge is -1.93. The summed E-state index contributed by atoms with van der Waals surface area (Å²) in [6.07, 6.45) is -0.721. The van der Waals surface area contributed by atoms with Gasteiger partial charge in [0.05, 0.1) is 7.11 Å². The summed E-state index contributed by atoms with van der Waals surface area (Å²) >= 11 is 3.89. The average molecular weight is 282 g/mol. The van der Waals surface area contributed by atoms with Gasteiger partial charge in [0.15, 0.2) is 3.79 Å². The Morgan fingerprint density at radius 3 is 2.86 bits per heavy atom. The largest absolute Gasteiger partial charge is 0.453 e. The third-order valence-corrected chi connectivity index (χ3v) is 2.73. The molecule has 0 aliphatic heterocycles. The van der Waals surface area contributed by atoms with Crippen molar-refractivity contribution in [3.8, 4) is 0 Å². The van der Waals surface area contributed by atoms with Gasteiger partial charge in [0.25, 0.3) is 0 Å². The van der Waals surface area contributed by atoms with E-state index in [0.717, 1.165) is 11.3 Å². The first-order valence-corrected chi connectivity index (χ1v) is 4.81. The molecule has 0 saturated heterocycles. The van der Waals surface area contributed by atoms with Gasteiger partial charge in [-0.2, -0.15) is 0 Å². The number of amides is 1. The monoisotopic (exact) mass is 281 g/mol. The zero-order valence-corrected chi connectivity index (χ0v) is 9.22. The number of ether oxygens (including phenoxy) is 1. The summed E-state index contributed by atoms with van der Waals surface area (Å²) in [6, 6.07) is 0. The van der Waals surface area contributed by atoms with Gasteiger partial charge in [-0.1, -0.05) is 11.3 Å². The highest BCUT2D eigenvalue weighted by atomic mass is 79.9. The zero-order valence-electron chi connectivity index (χ0n) is 6.81. The number of carbonyl (C=O) groups excluding carboxylic acids is 1. The summed E-state index contributed by atoms with van der Waals surface area (Å²) in [5, 5.41) is 12.7. The maximum absolute atomic E-state index is 10.7. The van der Waals surface area contributed by atoms with E-state index in [2.05, 4.69) is 31.0 Å². The number of nitrogens with zero attached hydrogens (tertiary/aromatic N) is 2. The van der Waals surface area contributed by atoms with Crippen LogP contribution in [-0.4, -0.2) is 23.1 Å². The minimum absolute atomic E-state index is 0.107. The summed E-state index contributed by atoms with van der Waals surface area (Å²) in [4.78, 5) is 24.0. The first-order valence-electron chi connectivity index (χ1n) is 3.20. The number of hydrogen-bond donors (Lipinski definition) is 1. The lowest BCUT2D eigenvalue weighted by molar-refractivity contribution is -0.389. The molecular formula is C5H4BrN3O4S. The summed E-state index contributed by atoms with van der Waals surface area (Å²) in [5.74, 6) is -0.332. The molecule has 0 bridgehead atoms. The van der Waals surface area contributed by atoms with E-state index in [1.54, 1.807) is 0 Å². The lowest BCUT2D eigenvalue weighted by Crippen LogP contribution is -2.10. The molecule has 1 aromatic rings. The predicted molar refractivity (Wildman–Crippen MR) is 52.5 cm³/mol. The van der Waals surface area contributed by atoms with Crippen LogP contribution in [0.5, 0.6) is 0 Å². The highest BCUT2D eigenvalue weighted by Crippen LogP contribution is 2.33. The van der Waals surface area contributed by atoms with E-state index in [4.69, 9.17) is 0 Å². The van der Waals surface area contributed by atoms with E-state index in [9.17, 15) is 14.9 Å². The van der Waals surface area contributed by atoms with Gasteiger partial charge in [0, 0.05) is 0 Å². The minimum Gasteiger partial charge on any atom is -0.453 e. The van der Waals surface area contributed by atoms with Gasteiger partial charge in [-0.05, 0) is 25.8 Å². The Morgan fingerprint density at radius 1 is 1.79 bits per heavy atom. The van der Waals surface area contributed by atoms with E-state index in [0.29, 0.717) is 0 Å². The fraction of sp³-hybridized carbons (Fsp3) is 0.200. The summed E-state index contributed by atoms with van der Waals surface area (Å²) in [5.41, 5.74) is 0. The van der Waals surface area contributed by atoms with Gasteiger partial charge in [-0.15, -0.1) is 0 Å². The van der Waals surface area contributed by atoms with Crippen LogP contribution in [0.25, 0.3) is 0 Å². The summed E-state index contributed by atoms with van der Waals surface area (Å²) in [7, 11) is 1.19. The predicted octanol–water partition coefficient (Wildman–Crippen LogP) is 1.99.